The Bertz CT molecular complexity index is 690. The number of carbonyl (C=O) groups is 1. The second kappa shape index (κ2) is 8.60. The highest BCUT2D eigenvalue weighted by Gasteiger charge is 2.13. The Balaban J connectivity index is 2.00. The first-order valence-electron chi connectivity index (χ1n) is 8.89. The molecular formula is C20H28N4O. The monoisotopic (exact) mass is 340 g/mol. The number of rotatable bonds is 7. The third kappa shape index (κ3) is 5.85. The summed E-state index contributed by atoms with van der Waals surface area (Å²) in [6.45, 7) is 9.36. The molecule has 134 valence electrons. The van der Waals surface area contributed by atoms with Crippen molar-refractivity contribution in [2.24, 2.45) is 0 Å². The summed E-state index contributed by atoms with van der Waals surface area (Å²) in [7, 11) is 0. The summed E-state index contributed by atoms with van der Waals surface area (Å²) in [6.07, 6.45) is 4.82. The van der Waals surface area contributed by atoms with Crippen LogP contribution >= 0.6 is 0 Å². The van der Waals surface area contributed by atoms with Crippen molar-refractivity contribution < 1.29 is 4.79 Å². The molecule has 2 rings (SSSR count). The maximum absolute atomic E-state index is 12.1. The van der Waals surface area contributed by atoms with E-state index in [9.17, 15) is 4.79 Å². The number of benzene rings is 1. The molecule has 0 aliphatic heterocycles. The number of amides is 1. The number of nitrogens with zero attached hydrogens (tertiary/aromatic N) is 2. The fraction of sp³-hybridized carbons (Fsp3) is 0.450. The predicted octanol–water partition coefficient (Wildman–Crippen LogP) is 4.44. The average Bonchev–Trinajstić information content (AvgIpc) is 2.58. The number of aromatic nitrogens is 2. The maximum Gasteiger partial charge on any atom is 0.270 e. The molecule has 1 amide bonds. The van der Waals surface area contributed by atoms with Gasteiger partial charge in [0.25, 0.3) is 5.91 Å². The third-order valence-corrected chi connectivity index (χ3v) is 3.96. The molecular weight excluding hydrogens is 312 g/mol. The van der Waals surface area contributed by atoms with Crippen LogP contribution in [-0.2, 0) is 5.41 Å². The molecule has 1 heterocycles. The van der Waals surface area contributed by atoms with Crippen molar-refractivity contribution in [3.63, 3.8) is 0 Å². The van der Waals surface area contributed by atoms with Crippen molar-refractivity contribution in [2.45, 2.75) is 52.4 Å². The number of nitrogens with one attached hydrogen (secondary N) is 2. The minimum absolute atomic E-state index is 0.116. The molecule has 0 radical (unpaired) electrons. The number of unbranched alkanes of at least 4 members (excludes halogenated alkanes) is 2. The van der Waals surface area contributed by atoms with E-state index in [-0.39, 0.29) is 11.3 Å². The molecule has 0 bridgehead atoms. The molecule has 1 aromatic heterocycles. The number of hydrogen-bond donors (Lipinski definition) is 2. The van der Waals surface area contributed by atoms with Crippen molar-refractivity contribution in [2.75, 3.05) is 11.9 Å². The predicted molar refractivity (Wildman–Crippen MR) is 102 cm³/mol. The average molecular weight is 340 g/mol. The normalized spacial score (nSPS) is 11.2. The van der Waals surface area contributed by atoms with E-state index in [2.05, 4.69) is 60.4 Å². The van der Waals surface area contributed by atoms with Crippen LogP contribution in [0.2, 0.25) is 0 Å². The Labute approximate surface area is 150 Å². The molecule has 0 aliphatic carbocycles. The highest BCUT2D eigenvalue weighted by Crippen LogP contribution is 2.24. The fourth-order valence-corrected chi connectivity index (χ4v) is 2.40. The summed E-state index contributed by atoms with van der Waals surface area (Å²) in [6, 6.07) is 9.81. The minimum atomic E-state index is -0.162. The zero-order valence-corrected chi connectivity index (χ0v) is 15.6. The summed E-state index contributed by atoms with van der Waals surface area (Å²) in [5, 5.41) is 6.04. The summed E-state index contributed by atoms with van der Waals surface area (Å²) in [4.78, 5) is 20.6. The lowest BCUT2D eigenvalue weighted by molar-refractivity contribution is 0.0948. The molecule has 5 nitrogen and oxygen atoms in total. The van der Waals surface area contributed by atoms with Crippen LogP contribution in [0, 0.1) is 0 Å². The Kier molecular flexibility index (Phi) is 6.51. The Morgan fingerprint density at radius 3 is 2.44 bits per heavy atom. The van der Waals surface area contributed by atoms with E-state index in [1.54, 1.807) is 12.3 Å². The zero-order chi connectivity index (χ0) is 18.3. The molecule has 2 N–H and O–H groups in total. The number of carbonyl (C=O) groups excluding carboxylic acids is 1. The molecule has 0 aliphatic rings. The summed E-state index contributed by atoms with van der Waals surface area (Å²) < 4.78 is 0. The van der Waals surface area contributed by atoms with Gasteiger partial charge in [-0.15, -0.1) is 0 Å². The van der Waals surface area contributed by atoms with Gasteiger partial charge in [-0.1, -0.05) is 52.7 Å². The van der Waals surface area contributed by atoms with Crippen molar-refractivity contribution in [3.8, 4) is 0 Å². The third-order valence-electron chi connectivity index (χ3n) is 3.96. The van der Waals surface area contributed by atoms with Crippen molar-refractivity contribution in [3.05, 3.63) is 47.8 Å². The van der Waals surface area contributed by atoms with E-state index in [0.29, 0.717) is 18.2 Å². The molecule has 1 aromatic carbocycles. The van der Waals surface area contributed by atoms with Gasteiger partial charge in [0.2, 0.25) is 5.95 Å². The molecule has 25 heavy (non-hydrogen) atoms. The van der Waals surface area contributed by atoms with Crippen LogP contribution in [-0.4, -0.2) is 22.4 Å². The summed E-state index contributed by atoms with van der Waals surface area (Å²) in [5.74, 6) is 0.259. The topological polar surface area (TPSA) is 66.9 Å². The number of anilines is 2. The Morgan fingerprint density at radius 2 is 1.80 bits per heavy atom. The van der Waals surface area contributed by atoms with Crippen LogP contribution in [0.5, 0.6) is 0 Å². The van der Waals surface area contributed by atoms with Crippen LogP contribution in [0.4, 0.5) is 11.6 Å². The smallest absolute Gasteiger partial charge is 0.270 e. The highest BCUT2D eigenvalue weighted by molar-refractivity contribution is 5.92. The molecule has 0 fully saturated rings. The Hall–Kier alpha value is -2.43. The first kappa shape index (κ1) is 18.9. The van der Waals surface area contributed by atoms with E-state index in [1.165, 1.54) is 5.56 Å². The fourth-order valence-electron chi connectivity index (χ4n) is 2.40. The van der Waals surface area contributed by atoms with Crippen LogP contribution < -0.4 is 10.6 Å². The van der Waals surface area contributed by atoms with E-state index >= 15 is 0 Å². The van der Waals surface area contributed by atoms with Gasteiger partial charge in [-0.25, -0.2) is 9.97 Å². The van der Waals surface area contributed by atoms with E-state index in [0.717, 1.165) is 24.9 Å². The van der Waals surface area contributed by atoms with Crippen LogP contribution in [0.15, 0.2) is 36.5 Å². The standard InChI is InChI=1S/C20H28N4O/c1-5-6-7-13-21-18(25)17-12-14-22-19(24-17)23-16-10-8-15(9-11-16)20(2,3)4/h8-12,14H,5-7,13H2,1-4H3,(H,21,25)(H,22,23,24). The van der Waals surface area contributed by atoms with Gasteiger partial charge in [0, 0.05) is 18.4 Å². The number of hydrogen-bond acceptors (Lipinski definition) is 4. The molecule has 0 saturated carbocycles. The molecule has 5 heteroatoms. The maximum atomic E-state index is 12.1. The van der Waals surface area contributed by atoms with Gasteiger partial charge in [-0.3, -0.25) is 4.79 Å². The van der Waals surface area contributed by atoms with Crippen molar-refractivity contribution >= 4 is 17.5 Å². The van der Waals surface area contributed by atoms with Crippen LogP contribution in [0.25, 0.3) is 0 Å². The lowest BCUT2D eigenvalue weighted by Gasteiger charge is -2.19. The van der Waals surface area contributed by atoms with E-state index < -0.39 is 0 Å². The van der Waals surface area contributed by atoms with Gasteiger partial charge >= 0.3 is 0 Å². The first-order valence-corrected chi connectivity index (χ1v) is 8.89. The van der Waals surface area contributed by atoms with Gasteiger partial charge in [0.1, 0.15) is 5.69 Å². The lowest BCUT2D eigenvalue weighted by atomic mass is 9.87. The first-order chi connectivity index (χ1) is 11.9. The second-order valence-electron chi connectivity index (χ2n) is 7.18. The van der Waals surface area contributed by atoms with Crippen molar-refractivity contribution in [1.82, 2.24) is 15.3 Å². The van der Waals surface area contributed by atoms with Crippen LogP contribution in [0.1, 0.15) is 63.0 Å². The van der Waals surface area contributed by atoms with Crippen molar-refractivity contribution in [1.29, 1.82) is 0 Å². The highest BCUT2D eigenvalue weighted by atomic mass is 16.1. The van der Waals surface area contributed by atoms with Gasteiger partial charge in [0.05, 0.1) is 0 Å². The summed E-state index contributed by atoms with van der Waals surface area (Å²) >= 11 is 0. The van der Waals surface area contributed by atoms with E-state index in [1.807, 2.05) is 12.1 Å². The van der Waals surface area contributed by atoms with E-state index in [4.69, 9.17) is 0 Å². The molecule has 2 aromatic rings. The van der Waals surface area contributed by atoms with Gasteiger partial charge in [-0.2, -0.15) is 0 Å². The lowest BCUT2D eigenvalue weighted by Crippen LogP contribution is -2.25. The summed E-state index contributed by atoms with van der Waals surface area (Å²) in [5.41, 5.74) is 2.65. The second-order valence-corrected chi connectivity index (χ2v) is 7.18. The minimum Gasteiger partial charge on any atom is -0.351 e. The molecule has 0 atom stereocenters. The Morgan fingerprint density at radius 1 is 1.08 bits per heavy atom. The molecule has 0 spiro atoms. The quantitative estimate of drug-likeness (QED) is 0.731. The molecule has 0 saturated heterocycles. The van der Waals surface area contributed by atoms with Gasteiger partial charge in [-0.05, 0) is 35.6 Å². The SMILES string of the molecule is CCCCCNC(=O)c1ccnc(Nc2ccc(C(C)(C)C)cc2)n1. The van der Waals surface area contributed by atoms with Gasteiger partial charge in [0.15, 0.2) is 0 Å². The largest absolute Gasteiger partial charge is 0.351 e. The zero-order valence-electron chi connectivity index (χ0n) is 15.6. The molecule has 0 unspecified atom stereocenters. The van der Waals surface area contributed by atoms with Crippen LogP contribution in [0.3, 0.4) is 0 Å². The van der Waals surface area contributed by atoms with Gasteiger partial charge < -0.3 is 10.6 Å².